The van der Waals surface area contributed by atoms with Gasteiger partial charge < -0.3 is 5.73 Å². The molecule has 0 radical (unpaired) electrons. The van der Waals surface area contributed by atoms with Gasteiger partial charge in [0.2, 0.25) is 0 Å². The lowest BCUT2D eigenvalue weighted by atomic mass is 10.1. The highest BCUT2D eigenvalue weighted by molar-refractivity contribution is 7.90. The molecule has 20 heavy (non-hydrogen) atoms. The molecule has 0 saturated carbocycles. The van der Waals surface area contributed by atoms with E-state index in [1.165, 1.54) is 30.6 Å². The molecule has 1 heterocycles. The van der Waals surface area contributed by atoms with Crippen LogP contribution in [0.15, 0.2) is 41.6 Å². The summed E-state index contributed by atoms with van der Waals surface area (Å²) in [5.74, 6) is -1.25. The van der Waals surface area contributed by atoms with E-state index in [4.69, 9.17) is 11.0 Å². The smallest absolute Gasteiger partial charge is 0.184 e. The summed E-state index contributed by atoms with van der Waals surface area (Å²) in [7, 11) is -3.81. The van der Waals surface area contributed by atoms with Gasteiger partial charge in [-0.25, -0.2) is 12.8 Å². The molecule has 0 atom stereocenters. The molecule has 5 nitrogen and oxygen atoms in total. The van der Waals surface area contributed by atoms with E-state index in [1.807, 2.05) is 6.07 Å². The predicted octanol–water partition coefficient (Wildman–Crippen LogP) is 1.65. The van der Waals surface area contributed by atoms with Gasteiger partial charge in [-0.1, -0.05) is 0 Å². The largest absolute Gasteiger partial charge is 0.396 e. The highest BCUT2D eigenvalue weighted by atomic mass is 32.2. The quantitative estimate of drug-likeness (QED) is 0.927. The zero-order valence-electron chi connectivity index (χ0n) is 10.2. The van der Waals surface area contributed by atoms with Crippen LogP contribution < -0.4 is 5.73 Å². The molecule has 0 fully saturated rings. The Labute approximate surface area is 115 Å². The molecule has 0 aliphatic heterocycles. The minimum Gasteiger partial charge on any atom is -0.396 e. The van der Waals surface area contributed by atoms with Crippen LogP contribution in [0.1, 0.15) is 11.1 Å². The lowest BCUT2D eigenvalue weighted by Crippen LogP contribution is -2.09. The number of sulfone groups is 1. The second-order valence-corrected chi connectivity index (χ2v) is 6.05. The van der Waals surface area contributed by atoms with Gasteiger partial charge in [0.1, 0.15) is 5.82 Å². The number of nitriles is 1. The molecule has 102 valence electrons. The van der Waals surface area contributed by atoms with E-state index < -0.39 is 21.4 Å². The fourth-order valence-corrected chi connectivity index (χ4v) is 3.18. The van der Waals surface area contributed by atoms with Crippen molar-refractivity contribution in [2.45, 2.75) is 10.6 Å². The van der Waals surface area contributed by atoms with E-state index in [2.05, 4.69) is 4.98 Å². The summed E-state index contributed by atoms with van der Waals surface area (Å²) >= 11 is 0. The SMILES string of the molecule is N#Cc1ccc(F)c(CS(=O)(=O)c2ccncc2N)c1. The van der Waals surface area contributed by atoms with E-state index in [1.54, 1.807) is 0 Å². The Morgan fingerprint density at radius 3 is 2.75 bits per heavy atom. The number of pyridine rings is 1. The first-order chi connectivity index (χ1) is 9.44. The Kier molecular flexibility index (Phi) is 3.68. The first-order valence-corrected chi connectivity index (χ1v) is 7.20. The number of aromatic nitrogens is 1. The van der Waals surface area contributed by atoms with Crippen molar-refractivity contribution >= 4 is 15.5 Å². The Bertz CT molecular complexity index is 798. The summed E-state index contributed by atoms with van der Waals surface area (Å²) in [4.78, 5) is 3.60. The van der Waals surface area contributed by atoms with Gasteiger partial charge in [-0.2, -0.15) is 5.26 Å². The maximum atomic E-state index is 13.6. The molecule has 2 N–H and O–H groups in total. The normalized spacial score (nSPS) is 11.0. The Morgan fingerprint density at radius 2 is 2.10 bits per heavy atom. The number of anilines is 1. The first-order valence-electron chi connectivity index (χ1n) is 5.55. The van der Waals surface area contributed by atoms with Crippen LogP contribution in [-0.4, -0.2) is 13.4 Å². The fourth-order valence-electron chi connectivity index (χ4n) is 1.71. The van der Waals surface area contributed by atoms with E-state index in [0.29, 0.717) is 0 Å². The van der Waals surface area contributed by atoms with E-state index in [-0.39, 0.29) is 21.7 Å². The van der Waals surface area contributed by atoms with Crippen LogP contribution in [0.25, 0.3) is 0 Å². The van der Waals surface area contributed by atoms with Gasteiger partial charge in [0, 0.05) is 11.8 Å². The minimum absolute atomic E-state index is 0.00402. The number of nitrogens with zero attached hydrogens (tertiary/aromatic N) is 2. The summed E-state index contributed by atoms with van der Waals surface area (Å²) in [5, 5.41) is 8.76. The average molecular weight is 291 g/mol. The van der Waals surface area contributed by atoms with E-state index in [9.17, 15) is 12.8 Å². The molecule has 2 rings (SSSR count). The van der Waals surface area contributed by atoms with Crippen LogP contribution in [0.4, 0.5) is 10.1 Å². The number of benzene rings is 1. The molecule has 1 aromatic carbocycles. The summed E-state index contributed by atoms with van der Waals surface area (Å²) in [5.41, 5.74) is 5.70. The van der Waals surface area contributed by atoms with Gasteiger partial charge in [0.05, 0.1) is 34.2 Å². The maximum Gasteiger partial charge on any atom is 0.184 e. The van der Waals surface area contributed by atoms with Crippen LogP contribution in [0.3, 0.4) is 0 Å². The molecule has 0 saturated heterocycles. The minimum atomic E-state index is -3.81. The fraction of sp³-hybridized carbons (Fsp3) is 0.0769. The number of hydrogen-bond donors (Lipinski definition) is 1. The number of rotatable bonds is 3. The van der Waals surface area contributed by atoms with Crippen molar-refractivity contribution in [2.75, 3.05) is 5.73 Å². The molecular weight excluding hydrogens is 281 g/mol. The number of halogens is 1. The van der Waals surface area contributed by atoms with Crippen molar-refractivity contribution in [2.24, 2.45) is 0 Å². The van der Waals surface area contributed by atoms with Crippen LogP contribution in [0, 0.1) is 17.1 Å². The molecule has 0 amide bonds. The summed E-state index contributed by atoms with van der Waals surface area (Å²) in [6.07, 6.45) is 2.51. The Morgan fingerprint density at radius 1 is 1.35 bits per heavy atom. The third kappa shape index (κ3) is 2.75. The van der Waals surface area contributed by atoms with Crippen molar-refractivity contribution in [3.05, 3.63) is 53.6 Å². The van der Waals surface area contributed by atoms with E-state index >= 15 is 0 Å². The molecule has 0 bridgehead atoms. The number of hydrogen-bond acceptors (Lipinski definition) is 5. The molecule has 0 unspecified atom stereocenters. The molecular formula is C13H10FN3O2S. The standard InChI is InChI=1S/C13H10FN3O2S/c14-11-2-1-9(6-15)5-10(11)8-20(18,19)13-3-4-17-7-12(13)16/h1-5,7H,8,16H2. The van der Waals surface area contributed by atoms with E-state index in [0.717, 1.165) is 6.07 Å². The second kappa shape index (κ2) is 5.27. The van der Waals surface area contributed by atoms with Gasteiger partial charge in [-0.3, -0.25) is 4.98 Å². The van der Waals surface area contributed by atoms with Gasteiger partial charge >= 0.3 is 0 Å². The van der Waals surface area contributed by atoms with Crippen molar-refractivity contribution in [1.29, 1.82) is 5.26 Å². The molecule has 7 heteroatoms. The number of nitrogen functional groups attached to an aromatic ring is 1. The summed E-state index contributed by atoms with van der Waals surface area (Å²) in [6, 6.07) is 6.66. The van der Waals surface area contributed by atoms with Crippen molar-refractivity contribution in [3.63, 3.8) is 0 Å². The van der Waals surface area contributed by atoms with Crippen molar-refractivity contribution < 1.29 is 12.8 Å². The monoisotopic (exact) mass is 291 g/mol. The summed E-state index contributed by atoms with van der Waals surface area (Å²) in [6.45, 7) is 0. The predicted molar refractivity (Wildman–Crippen MR) is 70.7 cm³/mol. The lowest BCUT2D eigenvalue weighted by Gasteiger charge is -2.08. The Hall–Kier alpha value is -2.46. The summed E-state index contributed by atoms with van der Waals surface area (Å²) < 4.78 is 38.1. The molecule has 0 spiro atoms. The zero-order valence-corrected chi connectivity index (χ0v) is 11.1. The molecule has 1 aromatic heterocycles. The Balaban J connectivity index is 2.44. The number of nitrogens with two attached hydrogens (primary N) is 1. The first kappa shape index (κ1) is 14.0. The van der Waals surface area contributed by atoms with Crippen molar-refractivity contribution in [1.82, 2.24) is 4.98 Å². The second-order valence-electron chi connectivity index (χ2n) is 4.09. The maximum absolute atomic E-state index is 13.6. The van der Waals surface area contributed by atoms with Gasteiger partial charge in [0.15, 0.2) is 9.84 Å². The van der Waals surface area contributed by atoms with Gasteiger partial charge in [0.25, 0.3) is 0 Å². The highest BCUT2D eigenvalue weighted by Crippen LogP contribution is 2.23. The molecule has 0 aliphatic carbocycles. The van der Waals surface area contributed by atoms with Crippen LogP contribution >= 0.6 is 0 Å². The van der Waals surface area contributed by atoms with Crippen LogP contribution in [-0.2, 0) is 15.6 Å². The zero-order chi connectivity index (χ0) is 14.8. The molecule has 0 aliphatic rings. The topological polar surface area (TPSA) is 96.8 Å². The van der Waals surface area contributed by atoms with Crippen LogP contribution in [0.5, 0.6) is 0 Å². The third-order valence-electron chi connectivity index (χ3n) is 2.67. The molecule has 2 aromatic rings. The van der Waals surface area contributed by atoms with Crippen LogP contribution in [0.2, 0.25) is 0 Å². The van der Waals surface area contributed by atoms with Gasteiger partial charge in [-0.05, 0) is 24.3 Å². The average Bonchev–Trinajstić information content (AvgIpc) is 2.41. The van der Waals surface area contributed by atoms with Gasteiger partial charge in [-0.15, -0.1) is 0 Å². The van der Waals surface area contributed by atoms with Crippen molar-refractivity contribution in [3.8, 4) is 6.07 Å². The lowest BCUT2D eigenvalue weighted by molar-refractivity contribution is 0.587. The highest BCUT2D eigenvalue weighted by Gasteiger charge is 2.20. The third-order valence-corrected chi connectivity index (χ3v) is 4.40.